The summed E-state index contributed by atoms with van der Waals surface area (Å²) < 4.78 is 158. The largest absolute Gasteiger partial charge is 0.459 e. The zero-order valence-electron chi connectivity index (χ0n) is 28.6. The van der Waals surface area contributed by atoms with Gasteiger partial charge in [0.05, 0.1) is 10.8 Å². The molecular weight excluding hydrogens is 727 g/mol. The van der Waals surface area contributed by atoms with Crippen molar-refractivity contribution in [1.29, 1.82) is 0 Å². The van der Waals surface area contributed by atoms with Gasteiger partial charge in [-0.2, -0.15) is 47.9 Å². The van der Waals surface area contributed by atoms with E-state index in [1.54, 1.807) is 27.7 Å². The van der Waals surface area contributed by atoms with Crippen LogP contribution in [0.3, 0.4) is 0 Å². The maximum Gasteiger partial charge on any atom is 0.430 e. The number of benzene rings is 1. The van der Waals surface area contributed by atoms with Crippen LogP contribution in [-0.4, -0.2) is 66.0 Å². The monoisotopic (exact) mass is 770 g/mol. The summed E-state index contributed by atoms with van der Waals surface area (Å²) in [6, 6.07) is 3.91. The summed E-state index contributed by atoms with van der Waals surface area (Å²) in [5.74, 6) is -3.48. The lowest BCUT2D eigenvalue weighted by atomic mass is 9.48. The highest BCUT2D eigenvalue weighted by molar-refractivity contribution is 7.85. The molecule has 0 radical (unpaired) electrons. The maximum absolute atomic E-state index is 13.3. The summed E-state index contributed by atoms with van der Waals surface area (Å²) in [6.45, 7) is 8.80. The number of ether oxygens (including phenoxy) is 2. The minimum atomic E-state index is -5.85. The SMILES string of the molecule is CCC(C)(C)C(=O)OC12CC3CC(C1)CC(C(=O)OC(CS(=O)(=O)O)C(F)(F)F)(C3)C2.CCC(C)c1cccc(C(O)(C(F)(F)F)C(F)(F)F)c1. The lowest BCUT2D eigenvalue weighted by molar-refractivity contribution is -0.376. The smallest absolute Gasteiger partial charge is 0.430 e. The van der Waals surface area contributed by atoms with Gasteiger partial charge in [-0.25, -0.2) is 0 Å². The van der Waals surface area contributed by atoms with Crippen molar-refractivity contribution < 1.29 is 76.7 Å². The molecule has 4 bridgehead atoms. The van der Waals surface area contributed by atoms with Gasteiger partial charge in [0.1, 0.15) is 11.4 Å². The third kappa shape index (κ3) is 9.32. The number of aliphatic hydroxyl groups is 1. The zero-order chi connectivity index (χ0) is 39.2. The molecule has 0 spiro atoms. The first-order valence-electron chi connectivity index (χ1n) is 16.4. The van der Waals surface area contributed by atoms with Crippen LogP contribution in [0.15, 0.2) is 24.3 Å². The van der Waals surface area contributed by atoms with Gasteiger partial charge >= 0.3 is 30.5 Å². The summed E-state index contributed by atoms with van der Waals surface area (Å²) in [4.78, 5) is 25.7. The van der Waals surface area contributed by atoms with Crippen LogP contribution in [0.2, 0.25) is 0 Å². The normalized spacial score (nSPS) is 26.5. The van der Waals surface area contributed by atoms with E-state index < -0.39 is 80.0 Å². The molecule has 4 saturated carbocycles. The molecule has 0 saturated heterocycles. The van der Waals surface area contributed by atoms with Gasteiger partial charge in [0, 0.05) is 12.0 Å². The van der Waals surface area contributed by atoms with Crippen LogP contribution in [0.5, 0.6) is 0 Å². The fraction of sp³-hybridized carbons (Fsp3) is 0.758. The average molecular weight is 771 g/mol. The zero-order valence-corrected chi connectivity index (χ0v) is 29.5. The molecule has 4 aliphatic carbocycles. The van der Waals surface area contributed by atoms with E-state index in [0.717, 1.165) is 18.6 Å². The van der Waals surface area contributed by atoms with Crippen molar-refractivity contribution in [3.8, 4) is 0 Å². The molecule has 1 aromatic rings. The molecule has 1 aromatic carbocycles. The van der Waals surface area contributed by atoms with Gasteiger partial charge in [-0.1, -0.05) is 45.0 Å². The van der Waals surface area contributed by atoms with Gasteiger partial charge in [-0.15, -0.1) is 0 Å². The minimum Gasteiger partial charge on any atom is -0.459 e. The Labute approximate surface area is 290 Å². The molecule has 51 heavy (non-hydrogen) atoms. The van der Waals surface area contributed by atoms with Gasteiger partial charge in [0.15, 0.2) is 0 Å². The number of halogens is 9. The molecule has 0 amide bonds. The third-order valence-corrected chi connectivity index (χ3v) is 11.2. The second-order valence-electron chi connectivity index (χ2n) is 14.9. The summed E-state index contributed by atoms with van der Waals surface area (Å²) in [5.41, 5.74) is -8.67. The molecule has 18 heteroatoms. The van der Waals surface area contributed by atoms with Crippen molar-refractivity contribution in [2.75, 3.05) is 5.75 Å². The molecule has 4 atom stereocenters. The van der Waals surface area contributed by atoms with E-state index in [1.165, 1.54) is 6.07 Å². The van der Waals surface area contributed by atoms with Gasteiger partial charge in [-0.05, 0) is 82.1 Å². The number of carbonyl (C=O) groups excluding carboxylic acids is 2. The number of carbonyl (C=O) groups is 2. The second kappa shape index (κ2) is 14.3. The lowest BCUT2D eigenvalue weighted by Crippen LogP contribution is -2.61. The van der Waals surface area contributed by atoms with E-state index in [1.807, 2.05) is 6.92 Å². The molecule has 4 aliphatic rings. The summed E-state index contributed by atoms with van der Waals surface area (Å²) in [7, 11) is -5.02. The van der Waals surface area contributed by atoms with E-state index in [9.17, 15) is 62.6 Å². The Morgan fingerprint density at radius 2 is 1.47 bits per heavy atom. The molecule has 292 valence electrons. The highest BCUT2D eigenvalue weighted by atomic mass is 32.2. The molecule has 4 fully saturated rings. The minimum absolute atomic E-state index is 0.0113. The molecular formula is C33H43F9O8S. The number of alkyl halides is 9. The van der Waals surface area contributed by atoms with Crippen LogP contribution >= 0.6 is 0 Å². The Kier molecular flexibility index (Phi) is 12.0. The van der Waals surface area contributed by atoms with Gasteiger partial charge in [-0.3, -0.25) is 14.1 Å². The van der Waals surface area contributed by atoms with Crippen LogP contribution in [0.4, 0.5) is 39.5 Å². The first-order chi connectivity index (χ1) is 22.9. The van der Waals surface area contributed by atoms with Crippen molar-refractivity contribution in [3.05, 3.63) is 35.4 Å². The van der Waals surface area contributed by atoms with Gasteiger partial charge < -0.3 is 14.6 Å². The molecule has 2 N–H and O–H groups in total. The molecule has 8 nitrogen and oxygen atoms in total. The Bertz CT molecular complexity index is 1510. The molecule has 4 unspecified atom stereocenters. The van der Waals surface area contributed by atoms with Gasteiger partial charge in [0.2, 0.25) is 6.10 Å². The van der Waals surface area contributed by atoms with Crippen LogP contribution < -0.4 is 0 Å². The predicted octanol–water partition coefficient (Wildman–Crippen LogP) is 8.18. The fourth-order valence-electron chi connectivity index (χ4n) is 7.45. The summed E-state index contributed by atoms with van der Waals surface area (Å²) in [6.07, 6.45) is -16.1. The Balaban J connectivity index is 0.000000304. The van der Waals surface area contributed by atoms with Crippen LogP contribution in [0.25, 0.3) is 0 Å². The number of hydrogen-bond acceptors (Lipinski definition) is 7. The van der Waals surface area contributed by atoms with E-state index in [0.29, 0.717) is 50.2 Å². The number of esters is 2. The first-order valence-corrected chi connectivity index (χ1v) is 18.0. The Morgan fingerprint density at radius 3 is 1.90 bits per heavy atom. The van der Waals surface area contributed by atoms with Crippen molar-refractivity contribution in [1.82, 2.24) is 0 Å². The van der Waals surface area contributed by atoms with E-state index in [-0.39, 0.29) is 24.2 Å². The topological polar surface area (TPSA) is 127 Å². The fourth-order valence-corrected chi connectivity index (χ4v) is 8.09. The third-order valence-electron chi connectivity index (χ3n) is 10.5. The standard InChI is InChI=1S/C20H29F3O7S.C13H14F6O/c1-4-17(2,3)15(24)30-19-8-12-5-13(9-19)7-18(6-12,11-19)16(25)29-14(20(21,22)23)10-31(26,27)28;1-3-8(2)9-5-4-6-10(7-9)11(20,12(14,15)16)13(17,18)19/h12-14H,4-11H2,1-3H3,(H,26,27,28);4-8,20H,3H2,1-2H3. The molecule has 0 aromatic heterocycles. The summed E-state index contributed by atoms with van der Waals surface area (Å²) in [5, 5.41) is 9.28. The Morgan fingerprint density at radius 1 is 0.941 bits per heavy atom. The van der Waals surface area contributed by atoms with Crippen molar-refractivity contribution in [2.24, 2.45) is 22.7 Å². The maximum atomic E-state index is 13.3. The predicted molar refractivity (Wildman–Crippen MR) is 164 cm³/mol. The Hall–Kier alpha value is -2.60. The lowest BCUT2D eigenvalue weighted by Gasteiger charge is -2.60. The summed E-state index contributed by atoms with van der Waals surface area (Å²) >= 11 is 0. The van der Waals surface area contributed by atoms with Crippen LogP contribution in [-0.2, 0) is 34.8 Å². The van der Waals surface area contributed by atoms with E-state index in [2.05, 4.69) is 4.74 Å². The van der Waals surface area contributed by atoms with Crippen molar-refractivity contribution >= 4 is 22.1 Å². The quantitative estimate of drug-likeness (QED) is 0.139. The second-order valence-corrected chi connectivity index (χ2v) is 16.4. The average Bonchev–Trinajstić information content (AvgIpc) is 2.97. The van der Waals surface area contributed by atoms with Crippen LogP contribution in [0.1, 0.15) is 103 Å². The first kappa shape index (κ1) is 42.8. The highest BCUT2D eigenvalue weighted by Gasteiger charge is 2.71. The molecule has 0 heterocycles. The van der Waals surface area contributed by atoms with Crippen LogP contribution in [0, 0.1) is 22.7 Å². The van der Waals surface area contributed by atoms with E-state index >= 15 is 0 Å². The molecule has 5 rings (SSSR count). The van der Waals surface area contributed by atoms with Gasteiger partial charge in [0.25, 0.3) is 15.7 Å². The van der Waals surface area contributed by atoms with Crippen molar-refractivity contribution in [3.63, 3.8) is 0 Å². The molecule has 0 aliphatic heterocycles. The van der Waals surface area contributed by atoms with Crippen molar-refractivity contribution in [2.45, 2.75) is 128 Å². The van der Waals surface area contributed by atoms with E-state index in [4.69, 9.17) is 9.29 Å². The number of rotatable bonds is 10. The number of hydrogen-bond donors (Lipinski definition) is 2. The highest BCUT2D eigenvalue weighted by Crippen LogP contribution is 2.63.